The van der Waals surface area contributed by atoms with Crippen LogP contribution < -0.4 is 9.47 Å². The Kier molecular flexibility index (Phi) is 7.83. The fourth-order valence-electron chi connectivity index (χ4n) is 2.81. The number of aryl methyl sites for hydroxylation is 1. The third-order valence-corrected chi connectivity index (χ3v) is 4.88. The molecular formula is C23H20N4O5S. The summed E-state index contributed by atoms with van der Waals surface area (Å²) in [6.07, 6.45) is 1.80. The molecule has 3 aromatic rings. The first-order valence-electron chi connectivity index (χ1n) is 9.58. The summed E-state index contributed by atoms with van der Waals surface area (Å²) in [7, 11) is 2.55. The molecule has 0 unspecified atom stereocenters. The van der Waals surface area contributed by atoms with E-state index in [2.05, 4.69) is 21.2 Å². The summed E-state index contributed by atoms with van der Waals surface area (Å²) in [5.74, 6) is 1.06. The number of hydrogen-bond acceptors (Lipinski definition) is 10. The van der Waals surface area contributed by atoms with Crippen LogP contribution in [0.15, 0.2) is 58.7 Å². The van der Waals surface area contributed by atoms with E-state index in [-0.39, 0.29) is 17.2 Å². The van der Waals surface area contributed by atoms with Gasteiger partial charge in [-0.3, -0.25) is 0 Å². The van der Waals surface area contributed by atoms with Crippen LogP contribution in [0.5, 0.6) is 23.1 Å². The van der Waals surface area contributed by atoms with E-state index in [9.17, 15) is 10.1 Å². The van der Waals surface area contributed by atoms with Crippen molar-refractivity contribution in [2.75, 3.05) is 20.5 Å². The van der Waals surface area contributed by atoms with E-state index in [1.54, 1.807) is 61.7 Å². The zero-order valence-corrected chi connectivity index (χ0v) is 19.2. The normalized spacial score (nSPS) is 10.8. The SMILES string of the molecule is CON=C(C(=O)OC)c1c(Oc2cccc(Oc3ccccc3C#N)c2)nc(C)nc1SC. The van der Waals surface area contributed by atoms with Gasteiger partial charge in [0.25, 0.3) is 0 Å². The Balaban J connectivity index is 2.02. The molecule has 0 saturated heterocycles. The largest absolute Gasteiger partial charge is 0.464 e. The highest BCUT2D eigenvalue weighted by Gasteiger charge is 2.27. The number of methoxy groups -OCH3 is 1. The van der Waals surface area contributed by atoms with E-state index in [1.807, 2.05) is 0 Å². The molecule has 0 bridgehead atoms. The van der Waals surface area contributed by atoms with Gasteiger partial charge in [0.15, 0.2) is 0 Å². The second-order valence-corrected chi connectivity index (χ2v) is 7.16. The molecule has 0 aliphatic carbocycles. The number of hydrogen-bond donors (Lipinski definition) is 0. The zero-order chi connectivity index (χ0) is 23.8. The van der Waals surface area contributed by atoms with E-state index in [0.717, 1.165) is 0 Å². The fraction of sp³-hybridized carbons (Fsp3) is 0.174. The Morgan fingerprint density at radius 2 is 1.79 bits per heavy atom. The minimum atomic E-state index is -0.727. The second kappa shape index (κ2) is 11.0. The first-order chi connectivity index (χ1) is 16.0. The Hall–Kier alpha value is -4.10. The first kappa shape index (κ1) is 23.6. The maximum atomic E-state index is 12.4. The van der Waals surface area contributed by atoms with Crippen molar-refractivity contribution in [2.24, 2.45) is 5.16 Å². The molecule has 0 amide bonds. The molecule has 0 spiro atoms. The number of aromatic nitrogens is 2. The number of nitrogens with zero attached hydrogens (tertiary/aromatic N) is 4. The van der Waals surface area contributed by atoms with Crippen molar-refractivity contribution in [1.82, 2.24) is 9.97 Å². The van der Waals surface area contributed by atoms with Crippen molar-refractivity contribution < 1.29 is 23.8 Å². The maximum absolute atomic E-state index is 12.4. The lowest BCUT2D eigenvalue weighted by atomic mass is 10.2. The molecular weight excluding hydrogens is 444 g/mol. The monoisotopic (exact) mass is 464 g/mol. The van der Waals surface area contributed by atoms with Gasteiger partial charge in [-0.1, -0.05) is 23.4 Å². The molecule has 168 valence electrons. The van der Waals surface area contributed by atoms with Gasteiger partial charge in [0, 0.05) is 6.07 Å². The molecule has 0 aliphatic heterocycles. The van der Waals surface area contributed by atoms with Crippen LogP contribution in [0.1, 0.15) is 17.0 Å². The van der Waals surface area contributed by atoms with Crippen LogP contribution in [-0.4, -0.2) is 42.1 Å². The Morgan fingerprint density at radius 3 is 2.45 bits per heavy atom. The van der Waals surface area contributed by atoms with E-state index in [0.29, 0.717) is 33.7 Å². The van der Waals surface area contributed by atoms with Crippen molar-refractivity contribution in [3.63, 3.8) is 0 Å². The highest BCUT2D eigenvalue weighted by atomic mass is 32.2. The van der Waals surface area contributed by atoms with Crippen LogP contribution in [0.2, 0.25) is 0 Å². The van der Waals surface area contributed by atoms with Crippen LogP contribution in [0.4, 0.5) is 0 Å². The maximum Gasteiger partial charge on any atom is 0.361 e. The topological polar surface area (TPSA) is 116 Å². The summed E-state index contributed by atoms with van der Waals surface area (Å²) in [4.78, 5) is 26.0. The molecule has 0 radical (unpaired) electrons. The number of ether oxygens (including phenoxy) is 3. The number of oxime groups is 1. The lowest BCUT2D eigenvalue weighted by Crippen LogP contribution is -2.20. The lowest BCUT2D eigenvalue weighted by Gasteiger charge is -2.15. The van der Waals surface area contributed by atoms with Crippen LogP contribution in [0, 0.1) is 18.3 Å². The third-order valence-electron chi connectivity index (χ3n) is 4.20. The van der Waals surface area contributed by atoms with Gasteiger partial charge in [0.1, 0.15) is 46.8 Å². The van der Waals surface area contributed by atoms with E-state index < -0.39 is 5.97 Å². The van der Waals surface area contributed by atoms with Gasteiger partial charge >= 0.3 is 5.97 Å². The molecule has 0 saturated carbocycles. The summed E-state index contributed by atoms with van der Waals surface area (Å²) in [6.45, 7) is 1.71. The van der Waals surface area contributed by atoms with Gasteiger partial charge in [-0.2, -0.15) is 10.2 Å². The highest BCUT2D eigenvalue weighted by Crippen LogP contribution is 2.33. The number of carbonyl (C=O) groups excluding carboxylic acids is 1. The molecule has 0 aliphatic rings. The number of para-hydroxylation sites is 1. The molecule has 2 aromatic carbocycles. The van der Waals surface area contributed by atoms with Crippen LogP contribution in [0.25, 0.3) is 0 Å². The minimum Gasteiger partial charge on any atom is -0.464 e. The Morgan fingerprint density at radius 1 is 1.06 bits per heavy atom. The predicted octanol–water partition coefficient (Wildman–Crippen LogP) is 4.49. The molecule has 33 heavy (non-hydrogen) atoms. The van der Waals surface area contributed by atoms with Crippen molar-refractivity contribution >= 4 is 23.4 Å². The van der Waals surface area contributed by atoms with Gasteiger partial charge in [-0.25, -0.2) is 9.78 Å². The average molecular weight is 465 g/mol. The van der Waals surface area contributed by atoms with Gasteiger partial charge in [0.2, 0.25) is 11.6 Å². The third kappa shape index (κ3) is 5.58. The number of esters is 1. The molecule has 10 heteroatoms. The summed E-state index contributed by atoms with van der Waals surface area (Å²) in [5.41, 5.74) is 0.512. The van der Waals surface area contributed by atoms with E-state index in [4.69, 9.17) is 19.0 Å². The van der Waals surface area contributed by atoms with Crippen molar-refractivity contribution in [1.29, 1.82) is 5.26 Å². The second-order valence-electron chi connectivity index (χ2n) is 6.36. The standard InChI is InChI=1S/C23H20N4O5S/c1-14-25-21(19(22(26-14)33-4)20(27-30-3)23(28)29-2)32-17-10-7-9-16(12-17)31-18-11-6-5-8-15(18)13-24/h5-12H,1-4H3. The van der Waals surface area contributed by atoms with Gasteiger partial charge in [-0.05, 0) is 37.4 Å². The lowest BCUT2D eigenvalue weighted by molar-refractivity contribution is -0.132. The van der Waals surface area contributed by atoms with Crippen molar-refractivity contribution in [2.45, 2.75) is 11.9 Å². The zero-order valence-electron chi connectivity index (χ0n) is 18.4. The van der Waals surface area contributed by atoms with Gasteiger partial charge in [0.05, 0.1) is 12.7 Å². The molecule has 9 nitrogen and oxygen atoms in total. The van der Waals surface area contributed by atoms with E-state index >= 15 is 0 Å². The predicted molar refractivity (Wildman–Crippen MR) is 122 cm³/mol. The minimum absolute atomic E-state index is 0.0997. The molecule has 0 atom stereocenters. The number of rotatable bonds is 8. The summed E-state index contributed by atoms with van der Waals surface area (Å²) in [5, 5.41) is 13.6. The molecule has 1 aromatic heterocycles. The summed E-state index contributed by atoms with van der Waals surface area (Å²) >= 11 is 1.29. The molecule has 3 rings (SSSR count). The Bertz CT molecular complexity index is 1240. The number of benzene rings is 2. The average Bonchev–Trinajstić information content (AvgIpc) is 2.82. The van der Waals surface area contributed by atoms with Gasteiger partial charge in [-0.15, -0.1) is 11.8 Å². The molecule has 1 heterocycles. The van der Waals surface area contributed by atoms with Crippen LogP contribution in [-0.2, 0) is 14.4 Å². The molecule has 0 fully saturated rings. The quantitative estimate of drug-likeness (QED) is 0.156. The highest BCUT2D eigenvalue weighted by molar-refractivity contribution is 7.98. The van der Waals surface area contributed by atoms with Crippen molar-refractivity contribution in [3.05, 3.63) is 65.5 Å². The number of carbonyl (C=O) groups is 1. The molecule has 0 N–H and O–H groups in total. The van der Waals surface area contributed by atoms with Crippen LogP contribution in [0.3, 0.4) is 0 Å². The smallest absolute Gasteiger partial charge is 0.361 e. The van der Waals surface area contributed by atoms with Crippen molar-refractivity contribution in [3.8, 4) is 29.2 Å². The first-order valence-corrected chi connectivity index (χ1v) is 10.8. The van der Waals surface area contributed by atoms with Gasteiger partial charge < -0.3 is 19.0 Å². The summed E-state index contributed by atoms with van der Waals surface area (Å²) in [6, 6.07) is 15.8. The fourth-order valence-corrected chi connectivity index (χ4v) is 3.42. The van der Waals surface area contributed by atoms with E-state index in [1.165, 1.54) is 26.0 Å². The summed E-state index contributed by atoms with van der Waals surface area (Å²) < 4.78 is 16.7. The van der Waals surface area contributed by atoms with Crippen LogP contribution >= 0.6 is 11.8 Å². The number of thioether (sulfide) groups is 1. The number of nitriles is 1. The Labute approximate surface area is 195 Å².